The summed E-state index contributed by atoms with van der Waals surface area (Å²) in [6, 6.07) is 4.52. The first-order chi connectivity index (χ1) is 9.63. The Labute approximate surface area is 116 Å². The molecule has 0 amide bonds. The minimum absolute atomic E-state index is 0.126. The van der Waals surface area contributed by atoms with E-state index in [4.69, 9.17) is 9.52 Å². The number of carboxylic acid groups (broad SMARTS) is 1. The highest BCUT2D eigenvalue weighted by molar-refractivity contribution is 5.91. The van der Waals surface area contributed by atoms with Crippen LogP contribution in [0.4, 0.5) is 0 Å². The van der Waals surface area contributed by atoms with Crippen molar-refractivity contribution in [3.63, 3.8) is 0 Å². The van der Waals surface area contributed by atoms with Crippen molar-refractivity contribution in [1.82, 2.24) is 4.57 Å². The van der Waals surface area contributed by atoms with E-state index < -0.39 is 11.7 Å². The van der Waals surface area contributed by atoms with Gasteiger partial charge in [-0.3, -0.25) is 4.57 Å². The van der Waals surface area contributed by atoms with Crippen LogP contribution in [0, 0.1) is 0 Å². The van der Waals surface area contributed by atoms with Gasteiger partial charge in [0.05, 0.1) is 11.1 Å². The molecule has 0 atom stereocenters. The standard InChI is InChI=1S/C15H19NO4/c1-2-3-4-5-6-9-16-12-8-7-11(14(17)18)10-13(12)20-15(16)19/h7-8,10H,2-6,9H2,1H3,(H,17,18). The largest absolute Gasteiger partial charge is 0.478 e. The molecule has 0 saturated heterocycles. The predicted molar refractivity (Wildman–Crippen MR) is 76.2 cm³/mol. The van der Waals surface area contributed by atoms with E-state index in [2.05, 4.69) is 6.92 Å². The number of nitrogens with zero attached hydrogens (tertiary/aromatic N) is 1. The molecule has 0 saturated carbocycles. The topological polar surface area (TPSA) is 72.4 Å². The summed E-state index contributed by atoms with van der Waals surface area (Å²) < 4.78 is 6.69. The van der Waals surface area contributed by atoms with Crippen molar-refractivity contribution in [3.8, 4) is 0 Å². The monoisotopic (exact) mass is 277 g/mol. The first kappa shape index (κ1) is 14.4. The lowest BCUT2D eigenvalue weighted by atomic mass is 10.1. The molecule has 5 nitrogen and oxygen atoms in total. The number of carboxylic acids is 1. The molecule has 5 heteroatoms. The molecule has 1 N–H and O–H groups in total. The number of rotatable bonds is 7. The zero-order chi connectivity index (χ0) is 14.5. The van der Waals surface area contributed by atoms with E-state index in [0.717, 1.165) is 12.8 Å². The van der Waals surface area contributed by atoms with Crippen LogP contribution in [0.5, 0.6) is 0 Å². The van der Waals surface area contributed by atoms with Crippen LogP contribution >= 0.6 is 0 Å². The Morgan fingerprint density at radius 2 is 2.00 bits per heavy atom. The average molecular weight is 277 g/mol. The molecule has 0 aliphatic rings. The number of hydrogen-bond acceptors (Lipinski definition) is 3. The van der Waals surface area contributed by atoms with Gasteiger partial charge in [-0.1, -0.05) is 32.6 Å². The third-order valence-corrected chi connectivity index (χ3v) is 3.40. The Balaban J connectivity index is 2.15. The number of fused-ring (bicyclic) bond motifs is 1. The zero-order valence-electron chi connectivity index (χ0n) is 11.6. The normalized spacial score (nSPS) is 11.1. The van der Waals surface area contributed by atoms with Crippen LogP contribution in [0.2, 0.25) is 0 Å². The quantitative estimate of drug-likeness (QED) is 0.788. The summed E-state index contributed by atoms with van der Waals surface area (Å²) in [6.45, 7) is 2.77. The van der Waals surface area contributed by atoms with Gasteiger partial charge in [0.15, 0.2) is 5.58 Å². The summed E-state index contributed by atoms with van der Waals surface area (Å²) in [4.78, 5) is 22.7. The first-order valence-electron chi connectivity index (χ1n) is 7.00. The molecule has 1 aromatic heterocycles. The molecule has 0 aliphatic carbocycles. The molecule has 108 valence electrons. The molecule has 2 aromatic rings. The van der Waals surface area contributed by atoms with Crippen molar-refractivity contribution in [3.05, 3.63) is 34.3 Å². The number of aromatic carboxylic acids is 1. The lowest BCUT2D eigenvalue weighted by Gasteiger charge is -2.02. The second-order valence-corrected chi connectivity index (χ2v) is 4.92. The summed E-state index contributed by atoms with van der Waals surface area (Å²) in [6.07, 6.45) is 5.58. The van der Waals surface area contributed by atoms with Crippen molar-refractivity contribution >= 4 is 17.1 Å². The number of aryl methyl sites for hydroxylation is 1. The Hall–Kier alpha value is -2.04. The summed E-state index contributed by atoms with van der Waals surface area (Å²) in [5, 5.41) is 8.92. The second kappa shape index (κ2) is 6.41. The van der Waals surface area contributed by atoms with Crippen LogP contribution in [0.15, 0.2) is 27.4 Å². The maximum Gasteiger partial charge on any atom is 0.419 e. The number of carbonyl (C=O) groups is 1. The highest BCUT2D eigenvalue weighted by Gasteiger charge is 2.11. The van der Waals surface area contributed by atoms with Gasteiger partial charge in [0.1, 0.15) is 0 Å². The molecule has 0 aliphatic heterocycles. The Kier molecular flexibility index (Phi) is 4.61. The fourth-order valence-electron chi connectivity index (χ4n) is 2.28. The fourth-order valence-corrected chi connectivity index (χ4v) is 2.28. The van der Waals surface area contributed by atoms with Crippen molar-refractivity contribution in [2.24, 2.45) is 0 Å². The van der Waals surface area contributed by atoms with Gasteiger partial charge in [-0.2, -0.15) is 0 Å². The molecule has 0 fully saturated rings. The number of oxazole rings is 1. The van der Waals surface area contributed by atoms with E-state index in [1.54, 1.807) is 10.6 Å². The number of hydrogen-bond donors (Lipinski definition) is 1. The van der Waals surface area contributed by atoms with E-state index in [1.165, 1.54) is 31.4 Å². The number of unbranched alkanes of at least 4 members (excludes halogenated alkanes) is 4. The smallest absolute Gasteiger partial charge is 0.419 e. The van der Waals surface area contributed by atoms with Gasteiger partial charge in [0.25, 0.3) is 0 Å². The van der Waals surface area contributed by atoms with Crippen LogP contribution in [0.1, 0.15) is 49.4 Å². The van der Waals surface area contributed by atoms with Gasteiger partial charge in [-0.15, -0.1) is 0 Å². The molecule has 0 spiro atoms. The average Bonchev–Trinajstić information content (AvgIpc) is 2.73. The second-order valence-electron chi connectivity index (χ2n) is 4.92. The van der Waals surface area contributed by atoms with E-state index >= 15 is 0 Å². The third kappa shape index (κ3) is 3.10. The number of benzene rings is 1. The zero-order valence-corrected chi connectivity index (χ0v) is 11.6. The van der Waals surface area contributed by atoms with Gasteiger partial charge in [-0.25, -0.2) is 9.59 Å². The highest BCUT2D eigenvalue weighted by atomic mass is 16.4. The lowest BCUT2D eigenvalue weighted by molar-refractivity contribution is 0.0697. The summed E-state index contributed by atoms with van der Waals surface area (Å²) >= 11 is 0. The van der Waals surface area contributed by atoms with E-state index in [0.29, 0.717) is 17.6 Å². The Morgan fingerprint density at radius 1 is 1.25 bits per heavy atom. The summed E-state index contributed by atoms with van der Waals surface area (Å²) in [5.41, 5.74) is 1.13. The number of aromatic nitrogens is 1. The lowest BCUT2D eigenvalue weighted by Crippen LogP contribution is -2.14. The molecule has 20 heavy (non-hydrogen) atoms. The molecular formula is C15H19NO4. The van der Waals surface area contributed by atoms with Crippen molar-refractivity contribution in [1.29, 1.82) is 0 Å². The van der Waals surface area contributed by atoms with Crippen molar-refractivity contribution in [2.45, 2.75) is 45.6 Å². The van der Waals surface area contributed by atoms with Crippen LogP contribution in [-0.4, -0.2) is 15.6 Å². The molecule has 1 aromatic carbocycles. The Morgan fingerprint density at radius 3 is 2.70 bits per heavy atom. The highest BCUT2D eigenvalue weighted by Crippen LogP contribution is 2.16. The maximum absolute atomic E-state index is 11.8. The van der Waals surface area contributed by atoms with Gasteiger partial charge < -0.3 is 9.52 Å². The fraction of sp³-hybridized carbons (Fsp3) is 0.467. The van der Waals surface area contributed by atoms with Gasteiger partial charge >= 0.3 is 11.7 Å². The van der Waals surface area contributed by atoms with Crippen LogP contribution in [0.25, 0.3) is 11.1 Å². The third-order valence-electron chi connectivity index (χ3n) is 3.40. The van der Waals surface area contributed by atoms with E-state index in [-0.39, 0.29) is 5.56 Å². The van der Waals surface area contributed by atoms with Gasteiger partial charge in [-0.05, 0) is 24.6 Å². The molecule has 0 radical (unpaired) electrons. The van der Waals surface area contributed by atoms with Gasteiger partial charge in [0, 0.05) is 6.54 Å². The maximum atomic E-state index is 11.8. The molecular weight excluding hydrogens is 258 g/mol. The molecule has 1 heterocycles. The summed E-state index contributed by atoms with van der Waals surface area (Å²) in [7, 11) is 0. The Bertz CT molecular complexity index is 653. The van der Waals surface area contributed by atoms with Crippen LogP contribution in [-0.2, 0) is 6.54 Å². The predicted octanol–water partition coefficient (Wildman–Crippen LogP) is 3.26. The molecule has 0 bridgehead atoms. The summed E-state index contributed by atoms with van der Waals surface area (Å²) in [5.74, 6) is -1.44. The molecule has 2 rings (SSSR count). The van der Waals surface area contributed by atoms with E-state index in [1.807, 2.05) is 0 Å². The van der Waals surface area contributed by atoms with Crippen molar-refractivity contribution in [2.75, 3.05) is 0 Å². The molecule has 0 unspecified atom stereocenters. The van der Waals surface area contributed by atoms with Crippen LogP contribution < -0.4 is 5.76 Å². The first-order valence-corrected chi connectivity index (χ1v) is 7.00. The minimum atomic E-state index is -1.03. The van der Waals surface area contributed by atoms with E-state index in [9.17, 15) is 9.59 Å². The van der Waals surface area contributed by atoms with Gasteiger partial charge in [0.2, 0.25) is 0 Å². The van der Waals surface area contributed by atoms with Crippen LogP contribution in [0.3, 0.4) is 0 Å². The van der Waals surface area contributed by atoms with Crippen molar-refractivity contribution < 1.29 is 14.3 Å². The SMILES string of the molecule is CCCCCCCn1c(=O)oc2cc(C(=O)O)ccc21. The minimum Gasteiger partial charge on any atom is -0.478 e.